The molecule has 0 amide bonds. The average molecular weight is 285 g/mol. The second kappa shape index (κ2) is 5.61. The van der Waals surface area contributed by atoms with E-state index >= 15 is 0 Å². The van der Waals surface area contributed by atoms with Crippen molar-refractivity contribution < 1.29 is 8.91 Å². The van der Waals surface area contributed by atoms with Crippen LogP contribution in [-0.4, -0.2) is 16.7 Å². The first kappa shape index (κ1) is 13.7. The summed E-state index contributed by atoms with van der Waals surface area (Å²) in [5.41, 5.74) is 0.769. The first-order valence-electron chi connectivity index (χ1n) is 6.95. The zero-order chi connectivity index (χ0) is 14.8. The zero-order valence-electron chi connectivity index (χ0n) is 11.9. The lowest BCUT2D eigenvalue weighted by atomic mass is 10.0. The molecule has 108 valence electrons. The Balaban J connectivity index is 2.07. The van der Waals surface area contributed by atoms with E-state index in [9.17, 15) is 4.39 Å². The van der Waals surface area contributed by atoms with E-state index in [4.69, 9.17) is 4.52 Å². The zero-order valence-corrected chi connectivity index (χ0v) is 11.9. The molecule has 0 aliphatic rings. The Morgan fingerprint density at radius 1 is 1.19 bits per heavy atom. The van der Waals surface area contributed by atoms with Crippen LogP contribution in [-0.2, 0) is 0 Å². The van der Waals surface area contributed by atoms with Crippen molar-refractivity contribution in [2.75, 3.05) is 6.54 Å². The number of hydrogen-bond acceptors (Lipinski definition) is 4. The van der Waals surface area contributed by atoms with Crippen LogP contribution in [0.5, 0.6) is 0 Å². The highest BCUT2D eigenvalue weighted by Crippen LogP contribution is 2.29. The van der Waals surface area contributed by atoms with Gasteiger partial charge in [0.15, 0.2) is 0 Å². The number of nitrogens with zero attached hydrogens (tertiary/aromatic N) is 2. The van der Waals surface area contributed by atoms with Crippen molar-refractivity contribution in [2.45, 2.75) is 19.9 Å². The summed E-state index contributed by atoms with van der Waals surface area (Å²) in [4.78, 5) is 4.42. The molecule has 1 atom stereocenters. The fourth-order valence-electron chi connectivity index (χ4n) is 2.37. The fraction of sp³-hybridized carbons (Fsp3) is 0.250. The predicted molar refractivity (Wildman–Crippen MR) is 79.3 cm³/mol. The minimum atomic E-state index is -0.251. The number of rotatable bonds is 4. The van der Waals surface area contributed by atoms with Crippen molar-refractivity contribution >= 4 is 10.8 Å². The summed E-state index contributed by atoms with van der Waals surface area (Å²) in [6.07, 6.45) is 0. The van der Waals surface area contributed by atoms with Gasteiger partial charge in [0.2, 0.25) is 11.7 Å². The second-order valence-electron chi connectivity index (χ2n) is 4.88. The van der Waals surface area contributed by atoms with Gasteiger partial charge >= 0.3 is 0 Å². The molecule has 0 bridgehead atoms. The van der Waals surface area contributed by atoms with Gasteiger partial charge in [0.05, 0.1) is 6.04 Å². The van der Waals surface area contributed by atoms with E-state index in [-0.39, 0.29) is 11.9 Å². The molecule has 2 aromatic carbocycles. The van der Waals surface area contributed by atoms with Gasteiger partial charge in [0.25, 0.3) is 0 Å². The largest absolute Gasteiger partial charge is 0.337 e. The molecular weight excluding hydrogens is 269 g/mol. The van der Waals surface area contributed by atoms with Crippen LogP contribution in [0.15, 0.2) is 40.9 Å². The molecule has 1 N–H and O–H groups in total. The maximum Gasteiger partial charge on any atom is 0.243 e. The molecule has 0 radical (unpaired) electrons. The molecule has 1 unspecified atom stereocenters. The SMILES string of the molecule is CCNC(C)c1nc(-c2ccc(F)c3ccccc23)no1. The third kappa shape index (κ3) is 2.52. The van der Waals surface area contributed by atoms with Gasteiger partial charge in [0.1, 0.15) is 5.82 Å². The monoisotopic (exact) mass is 285 g/mol. The predicted octanol–water partition coefficient (Wildman–Crippen LogP) is 3.70. The van der Waals surface area contributed by atoms with Crippen LogP contribution in [0.1, 0.15) is 25.8 Å². The lowest BCUT2D eigenvalue weighted by molar-refractivity contribution is 0.342. The Hall–Kier alpha value is -2.27. The average Bonchev–Trinajstić information content (AvgIpc) is 2.98. The van der Waals surface area contributed by atoms with Crippen molar-refractivity contribution in [2.24, 2.45) is 0 Å². The quantitative estimate of drug-likeness (QED) is 0.794. The normalized spacial score (nSPS) is 12.7. The lowest BCUT2D eigenvalue weighted by Gasteiger charge is -2.05. The van der Waals surface area contributed by atoms with Crippen molar-refractivity contribution in [3.05, 3.63) is 48.1 Å². The van der Waals surface area contributed by atoms with Crippen LogP contribution < -0.4 is 5.32 Å². The van der Waals surface area contributed by atoms with E-state index in [1.165, 1.54) is 6.07 Å². The molecular formula is C16H16FN3O. The molecule has 5 heteroatoms. The van der Waals surface area contributed by atoms with E-state index in [1.807, 2.05) is 32.0 Å². The lowest BCUT2D eigenvalue weighted by Crippen LogP contribution is -2.17. The molecule has 21 heavy (non-hydrogen) atoms. The smallest absolute Gasteiger partial charge is 0.243 e. The van der Waals surface area contributed by atoms with Crippen LogP contribution in [0.4, 0.5) is 4.39 Å². The van der Waals surface area contributed by atoms with E-state index in [0.29, 0.717) is 17.1 Å². The van der Waals surface area contributed by atoms with Crippen molar-refractivity contribution in [3.8, 4) is 11.4 Å². The van der Waals surface area contributed by atoms with Crippen LogP contribution >= 0.6 is 0 Å². The molecule has 3 rings (SSSR count). The van der Waals surface area contributed by atoms with E-state index in [0.717, 1.165) is 17.5 Å². The number of halogens is 1. The highest BCUT2D eigenvalue weighted by molar-refractivity contribution is 5.95. The maximum atomic E-state index is 13.8. The van der Waals surface area contributed by atoms with Crippen LogP contribution in [0.2, 0.25) is 0 Å². The highest BCUT2D eigenvalue weighted by Gasteiger charge is 2.16. The molecule has 1 heterocycles. The van der Waals surface area contributed by atoms with Gasteiger partial charge in [-0.2, -0.15) is 4.98 Å². The Morgan fingerprint density at radius 2 is 1.95 bits per heavy atom. The fourth-order valence-corrected chi connectivity index (χ4v) is 2.37. The van der Waals surface area contributed by atoms with Gasteiger partial charge < -0.3 is 9.84 Å². The van der Waals surface area contributed by atoms with Crippen LogP contribution in [0.25, 0.3) is 22.2 Å². The minimum Gasteiger partial charge on any atom is -0.337 e. The maximum absolute atomic E-state index is 13.8. The Bertz CT molecular complexity index is 769. The Morgan fingerprint density at radius 3 is 2.71 bits per heavy atom. The van der Waals surface area contributed by atoms with Gasteiger partial charge in [0, 0.05) is 10.9 Å². The number of hydrogen-bond donors (Lipinski definition) is 1. The molecule has 0 aliphatic heterocycles. The van der Waals surface area contributed by atoms with Gasteiger partial charge in [-0.15, -0.1) is 0 Å². The highest BCUT2D eigenvalue weighted by atomic mass is 19.1. The number of aromatic nitrogens is 2. The first-order chi connectivity index (χ1) is 10.2. The van der Waals surface area contributed by atoms with Crippen LogP contribution in [0, 0.1) is 5.82 Å². The molecule has 0 aliphatic carbocycles. The first-order valence-corrected chi connectivity index (χ1v) is 6.95. The van der Waals surface area contributed by atoms with Gasteiger partial charge in [-0.1, -0.05) is 36.3 Å². The summed E-state index contributed by atoms with van der Waals surface area (Å²) < 4.78 is 19.1. The summed E-state index contributed by atoms with van der Waals surface area (Å²) in [6.45, 7) is 4.79. The summed E-state index contributed by atoms with van der Waals surface area (Å²) in [7, 11) is 0. The van der Waals surface area contributed by atoms with E-state index in [1.54, 1.807) is 12.1 Å². The molecule has 0 fully saturated rings. The third-order valence-corrected chi connectivity index (χ3v) is 3.43. The molecule has 3 aromatic rings. The summed E-state index contributed by atoms with van der Waals surface area (Å²) in [6, 6.07) is 10.4. The third-order valence-electron chi connectivity index (χ3n) is 3.43. The topological polar surface area (TPSA) is 51.0 Å². The Labute approximate surface area is 122 Å². The van der Waals surface area contributed by atoms with Crippen LogP contribution in [0.3, 0.4) is 0 Å². The molecule has 4 nitrogen and oxygen atoms in total. The molecule has 0 spiro atoms. The molecule has 0 saturated carbocycles. The second-order valence-corrected chi connectivity index (χ2v) is 4.88. The summed E-state index contributed by atoms with van der Waals surface area (Å²) in [5.74, 6) is 0.755. The van der Waals surface area contributed by atoms with Gasteiger partial charge in [-0.25, -0.2) is 4.39 Å². The number of fused-ring (bicyclic) bond motifs is 1. The van der Waals surface area contributed by atoms with Crippen molar-refractivity contribution in [3.63, 3.8) is 0 Å². The molecule has 1 aromatic heterocycles. The van der Waals surface area contributed by atoms with Crippen molar-refractivity contribution in [1.82, 2.24) is 15.5 Å². The van der Waals surface area contributed by atoms with E-state index < -0.39 is 0 Å². The summed E-state index contributed by atoms with van der Waals surface area (Å²) in [5, 5.41) is 8.57. The standard InChI is InChI=1S/C16H16FN3O/c1-3-18-10(2)16-19-15(20-21-16)13-8-9-14(17)12-7-5-4-6-11(12)13/h4-10,18H,3H2,1-2H3. The molecule has 0 saturated heterocycles. The van der Waals surface area contributed by atoms with Gasteiger partial charge in [-0.3, -0.25) is 0 Å². The summed E-state index contributed by atoms with van der Waals surface area (Å²) >= 11 is 0. The van der Waals surface area contributed by atoms with Crippen molar-refractivity contribution in [1.29, 1.82) is 0 Å². The Kier molecular flexibility index (Phi) is 3.66. The number of nitrogens with one attached hydrogen (secondary N) is 1. The van der Waals surface area contributed by atoms with E-state index in [2.05, 4.69) is 15.5 Å². The number of benzene rings is 2. The van der Waals surface area contributed by atoms with Gasteiger partial charge in [-0.05, 0) is 31.0 Å². The minimum absolute atomic E-state index is 0.0111.